The van der Waals surface area contributed by atoms with E-state index in [4.69, 9.17) is 4.98 Å². The average Bonchev–Trinajstić information content (AvgIpc) is 3.17. The lowest BCUT2D eigenvalue weighted by molar-refractivity contribution is 0.848. The average molecular weight is 304 g/mol. The molecule has 0 aliphatic carbocycles. The van der Waals surface area contributed by atoms with Gasteiger partial charge in [0.05, 0.1) is 17.6 Å². The first-order chi connectivity index (χ1) is 10.8. The maximum Gasteiger partial charge on any atom is 0.141 e. The predicted octanol–water partition coefficient (Wildman–Crippen LogP) is 5.12. The van der Waals surface area contributed by atoms with Gasteiger partial charge in [-0.15, -0.1) is 11.3 Å². The molecule has 2 aromatic heterocycles. The quantitative estimate of drug-likeness (QED) is 0.513. The molecule has 3 heteroatoms. The SMILES string of the molecule is Cc1ccc2nc(-c3ccccc3)n(Cc3cccs3)c2c1. The van der Waals surface area contributed by atoms with E-state index in [1.807, 2.05) is 6.07 Å². The minimum absolute atomic E-state index is 0.863. The summed E-state index contributed by atoms with van der Waals surface area (Å²) in [7, 11) is 0. The molecule has 0 spiro atoms. The number of aromatic nitrogens is 2. The molecule has 0 radical (unpaired) electrons. The Labute approximate surface area is 133 Å². The highest BCUT2D eigenvalue weighted by atomic mass is 32.1. The number of fused-ring (bicyclic) bond motifs is 1. The molecule has 2 nitrogen and oxygen atoms in total. The molecule has 2 aromatic carbocycles. The lowest BCUT2D eigenvalue weighted by Crippen LogP contribution is -2.00. The summed E-state index contributed by atoms with van der Waals surface area (Å²) in [6, 6.07) is 21.2. The molecule has 0 saturated carbocycles. The van der Waals surface area contributed by atoms with E-state index in [-0.39, 0.29) is 0 Å². The van der Waals surface area contributed by atoms with Crippen LogP contribution in [0.15, 0.2) is 66.0 Å². The van der Waals surface area contributed by atoms with Gasteiger partial charge < -0.3 is 4.57 Å². The van der Waals surface area contributed by atoms with Crippen LogP contribution in [0.4, 0.5) is 0 Å². The highest BCUT2D eigenvalue weighted by molar-refractivity contribution is 7.09. The monoisotopic (exact) mass is 304 g/mol. The maximum absolute atomic E-state index is 4.87. The fourth-order valence-corrected chi connectivity index (χ4v) is 3.45. The van der Waals surface area contributed by atoms with E-state index in [1.54, 1.807) is 11.3 Å². The van der Waals surface area contributed by atoms with E-state index in [0.717, 1.165) is 23.4 Å². The molecule has 0 aliphatic rings. The van der Waals surface area contributed by atoms with E-state index >= 15 is 0 Å². The minimum atomic E-state index is 0.863. The predicted molar refractivity (Wildman–Crippen MR) is 93.3 cm³/mol. The van der Waals surface area contributed by atoms with Crippen LogP contribution in [0.5, 0.6) is 0 Å². The largest absolute Gasteiger partial charge is 0.319 e. The smallest absolute Gasteiger partial charge is 0.141 e. The number of thiophene rings is 1. The number of hydrogen-bond donors (Lipinski definition) is 0. The zero-order chi connectivity index (χ0) is 14.9. The Morgan fingerprint density at radius 2 is 1.86 bits per heavy atom. The minimum Gasteiger partial charge on any atom is -0.319 e. The van der Waals surface area contributed by atoms with Crippen LogP contribution >= 0.6 is 11.3 Å². The molecule has 0 amide bonds. The first-order valence-electron chi connectivity index (χ1n) is 7.36. The van der Waals surface area contributed by atoms with Crippen molar-refractivity contribution in [3.63, 3.8) is 0 Å². The third kappa shape index (κ3) is 2.34. The number of rotatable bonds is 3. The summed E-state index contributed by atoms with van der Waals surface area (Å²) in [6.45, 7) is 2.99. The van der Waals surface area contributed by atoms with Gasteiger partial charge in [0.15, 0.2) is 0 Å². The van der Waals surface area contributed by atoms with Crippen molar-refractivity contribution in [3.05, 3.63) is 76.5 Å². The Balaban J connectivity index is 1.95. The topological polar surface area (TPSA) is 17.8 Å². The van der Waals surface area contributed by atoms with Gasteiger partial charge >= 0.3 is 0 Å². The van der Waals surface area contributed by atoms with Gasteiger partial charge in [-0.05, 0) is 36.1 Å². The van der Waals surface area contributed by atoms with E-state index < -0.39 is 0 Å². The van der Waals surface area contributed by atoms with Gasteiger partial charge in [0.1, 0.15) is 5.82 Å². The van der Waals surface area contributed by atoms with E-state index in [0.29, 0.717) is 0 Å². The fraction of sp³-hybridized carbons (Fsp3) is 0.105. The van der Waals surface area contributed by atoms with Crippen molar-refractivity contribution in [2.75, 3.05) is 0 Å². The maximum atomic E-state index is 4.87. The Bertz CT molecular complexity index is 905. The fourth-order valence-electron chi connectivity index (χ4n) is 2.76. The molecule has 0 bridgehead atoms. The molecule has 4 rings (SSSR count). The standard InChI is InChI=1S/C19H16N2S/c1-14-9-10-17-18(12-14)21(13-16-8-5-11-22-16)19(20-17)15-6-3-2-4-7-15/h2-12H,13H2,1H3. The molecule has 0 unspecified atom stereocenters. The summed E-state index contributed by atoms with van der Waals surface area (Å²) in [5, 5.41) is 2.13. The van der Waals surface area contributed by atoms with Crippen LogP contribution in [-0.4, -0.2) is 9.55 Å². The summed E-state index contributed by atoms with van der Waals surface area (Å²) in [4.78, 5) is 6.22. The molecule has 4 aromatic rings. The third-order valence-corrected chi connectivity index (χ3v) is 4.69. The third-order valence-electron chi connectivity index (χ3n) is 3.83. The van der Waals surface area contributed by atoms with E-state index in [1.165, 1.54) is 16.0 Å². The van der Waals surface area contributed by atoms with Crippen molar-refractivity contribution >= 4 is 22.4 Å². The van der Waals surface area contributed by atoms with Crippen molar-refractivity contribution < 1.29 is 0 Å². The van der Waals surface area contributed by atoms with Gasteiger partial charge in [-0.2, -0.15) is 0 Å². The Morgan fingerprint density at radius 3 is 2.64 bits per heavy atom. The first-order valence-corrected chi connectivity index (χ1v) is 8.24. The van der Waals surface area contributed by atoms with Gasteiger partial charge in [0, 0.05) is 10.4 Å². The van der Waals surface area contributed by atoms with Crippen LogP contribution in [0.25, 0.3) is 22.4 Å². The van der Waals surface area contributed by atoms with Crippen LogP contribution in [0.1, 0.15) is 10.4 Å². The lowest BCUT2D eigenvalue weighted by atomic mass is 10.2. The normalized spacial score (nSPS) is 11.1. The summed E-state index contributed by atoms with van der Waals surface area (Å²) in [5.41, 5.74) is 4.68. The number of aryl methyl sites for hydroxylation is 1. The van der Waals surface area contributed by atoms with Crippen molar-refractivity contribution in [1.29, 1.82) is 0 Å². The molecule has 2 heterocycles. The van der Waals surface area contributed by atoms with Gasteiger partial charge in [-0.3, -0.25) is 0 Å². The highest BCUT2D eigenvalue weighted by Crippen LogP contribution is 2.27. The molecule has 22 heavy (non-hydrogen) atoms. The zero-order valence-electron chi connectivity index (χ0n) is 12.4. The summed E-state index contributed by atoms with van der Waals surface area (Å²) >= 11 is 1.79. The van der Waals surface area contributed by atoms with Crippen LogP contribution in [0.2, 0.25) is 0 Å². The second-order valence-corrected chi connectivity index (χ2v) is 6.49. The number of benzene rings is 2. The Kier molecular flexibility index (Phi) is 3.28. The second kappa shape index (κ2) is 5.43. The van der Waals surface area contributed by atoms with Gasteiger partial charge in [0.2, 0.25) is 0 Å². The number of nitrogens with zero attached hydrogens (tertiary/aromatic N) is 2. The molecular formula is C19H16N2S. The van der Waals surface area contributed by atoms with Crippen molar-refractivity contribution in [2.45, 2.75) is 13.5 Å². The van der Waals surface area contributed by atoms with Crippen molar-refractivity contribution in [1.82, 2.24) is 9.55 Å². The van der Waals surface area contributed by atoms with E-state index in [2.05, 4.69) is 71.5 Å². The summed E-state index contributed by atoms with van der Waals surface area (Å²) in [6.07, 6.45) is 0. The van der Waals surface area contributed by atoms with Crippen LogP contribution < -0.4 is 0 Å². The Hall–Kier alpha value is -2.39. The van der Waals surface area contributed by atoms with Crippen LogP contribution in [0.3, 0.4) is 0 Å². The first kappa shape index (κ1) is 13.3. The van der Waals surface area contributed by atoms with Gasteiger partial charge in [-0.1, -0.05) is 42.5 Å². The molecule has 0 aliphatic heterocycles. The van der Waals surface area contributed by atoms with E-state index in [9.17, 15) is 0 Å². The second-order valence-electron chi connectivity index (χ2n) is 5.46. The molecule has 0 N–H and O–H groups in total. The number of hydrogen-bond acceptors (Lipinski definition) is 2. The molecule has 0 fully saturated rings. The molecule has 108 valence electrons. The van der Waals surface area contributed by atoms with Crippen molar-refractivity contribution in [3.8, 4) is 11.4 Å². The van der Waals surface area contributed by atoms with Gasteiger partial charge in [-0.25, -0.2) is 4.98 Å². The van der Waals surface area contributed by atoms with Crippen LogP contribution in [-0.2, 0) is 6.54 Å². The van der Waals surface area contributed by atoms with Crippen LogP contribution in [0, 0.1) is 6.92 Å². The van der Waals surface area contributed by atoms with Crippen molar-refractivity contribution in [2.24, 2.45) is 0 Å². The van der Waals surface area contributed by atoms with Gasteiger partial charge in [0.25, 0.3) is 0 Å². The summed E-state index contributed by atoms with van der Waals surface area (Å²) in [5.74, 6) is 1.04. The molecule has 0 atom stereocenters. The molecule has 0 saturated heterocycles. The lowest BCUT2D eigenvalue weighted by Gasteiger charge is -2.08. The zero-order valence-corrected chi connectivity index (χ0v) is 13.2. The Morgan fingerprint density at radius 1 is 1.00 bits per heavy atom. The highest BCUT2D eigenvalue weighted by Gasteiger charge is 2.13. The summed E-state index contributed by atoms with van der Waals surface area (Å²) < 4.78 is 2.32. The molecular weight excluding hydrogens is 288 g/mol. The number of imidazole rings is 1.